The molecule has 0 aliphatic carbocycles. The molecule has 2 heterocycles. The molecule has 5 nitrogen and oxygen atoms in total. The van der Waals surface area contributed by atoms with Crippen molar-refractivity contribution in [3.05, 3.63) is 39.2 Å². The number of aromatic nitrogens is 3. The fourth-order valence-electron chi connectivity index (χ4n) is 1.21. The zero-order chi connectivity index (χ0) is 9.42. The predicted octanol–water partition coefficient (Wildman–Crippen LogP) is -0.378. The average Bonchev–Trinajstić information content (AvgIpc) is 2.15. The number of nitrogens with zero attached hydrogens (tertiary/aromatic N) is 2. The summed E-state index contributed by atoms with van der Waals surface area (Å²) in [5, 5.41) is 3.10. The number of hydrogen-bond donors (Lipinski definition) is 1. The molecule has 0 fully saturated rings. The zero-order valence-electron chi connectivity index (χ0n) is 6.94. The van der Waals surface area contributed by atoms with Crippen LogP contribution >= 0.6 is 0 Å². The highest BCUT2D eigenvalue weighted by atomic mass is 16.1. The van der Waals surface area contributed by atoms with Crippen molar-refractivity contribution in [3.8, 4) is 0 Å². The summed E-state index contributed by atoms with van der Waals surface area (Å²) in [7, 11) is 1.50. The van der Waals surface area contributed by atoms with Crippen LogP contribution in [0.15, 0.2) is 28.0 Å². The predicted molar refractivity (Wildman–Crippen MR) is 47.6 cm³/mol. The van der Waals surface area contributed by atoms with Gasteiger partial charge in [-0.15, -0.1) is 0 Å². The van der Waals surface area contributed by atoms with Gasteiger partial charge in [0, 0.05) is 19.4 Å². The summed E-state index contributed by atoms with van der Waals surface area (Å²) in [6, 6.07) is 1.53. The number of H-pyrrole nitrogens is 1. The third-order valence-corrected chi connectivity index (χ3v) is 1.87. The molecule has 1 N–H and O–H groups in total. The van der Waals surface area contributed by atoms with Crippen molar-refractivity contribution >= 4 is 10.8 Å². The monoisotopic (exact) mass is 177 g/mol. The molecule has 2 rings (SSSR count). The van der Waals surface area contributed by atoms with Crippen molar-refractivity contribution < 1.29 is 0 Å². The van der Waals surface area contributed by atoms with E-state index in [9.17, 15) is 9.59 Å². The Morgan fingerprint density at radius 3 is 2.92 bits per heavy atom. The third-order valence-electron chi connectivity index (χ3n) is 1.87. The number of pyridine rings is 1. The van der Waals surface area contributed by atoms with Gasteiger partial charge in [0.15, 0.2) is 0 Å². The Balaban J connectivity index is 3.15. The molecule has 0 bridgehead atoms. The maximum absolute atomic E-state index is 11.4. The Morgan fingerprint density at radius 2 is 2.15 bits per heavy atom. The van der Waals surface area contributed by atoms with E-state index in [1.165, 1.54) is 25.5 Å². The fourth-order valence-corrected chi connectivity index (χ4v) is 1.21. The summed E-state index contributed by atoms with van der Waals surface area (Å²) >= 11 is 0. The normalized spacial score (nSPS) is 10.5. The molecule has 2 aromatic heterocycles. The van der Waals surface area contributed by atoms with Crippen molar-refractivity contribution in [2.45, 2.75) is 0 Å². The molecular formula is C8H7N3O2. The summed E-state index contributed by atoms with van der Waals surface area (Å²) < 4.78 is 1.16. The Kier molecular flexibility index (Phi) is 1.51. The van der Waals surface area contributed by atoms with Crippen LogP contribution in [0.2, 0.25) is 0 Å². The molecule has 13 heavy (non-hydrogen) atoms. The summed E-state index contributed by atoms with van der Waals surface area (Å²) in [6.45, 7) is 0. The third kappa shape index (κ3) is 1.05. The molecule has 0 radical (unpaired) electrons. The van der Waals surface area contributed by atoms with Crippen molar-refractivity contribution in [1.29, 1.82) is 0 Å². The van der Waals surface area contributed by atoms with Gasteiger partial charge in [-0.2, -0.15) is 0 Å². The quantitative estimate of drug-likeness (QED) is 0.596. The van der Waals surface area contributed by atoms with Crippen LogP contribution in [0, 0.1) is 0 Å². The first-order chi connectivity index (χ1) is 6.20. The maximum atomic E-state index is 11.4. The first kappa shape index (κ1) is 7.72. The van der Waals surface area contributed by atoms with Gasteiger partial charge < -0.3 is 0 Å². The van der Waals surface area contributed by atoms with E-state index in [-0.39, 0.29) is 11.1 Å². The minimum absolute atomic E-state index is 0.225. The smallest absolute Gasteiger partial charge is 0.267 e. The van der Waals surface area contributed by atoms with Crippen LogP contribution < -0.4 is 11.1 Å². The second-order valence-corrected chi connectivity index (χ2v) is 2.73. The van der Waals surface area contributed by atoms with Gasteiger partial charge in [0.2, 0.25) is 0 Å². The molecule has 0 aliphatic rings. The molecule has 2 aromatic rings. The van der Waals surface area contributed by atoms with Crippen molar-refractivity contribution in [3.63, 3.8) is 0 Å². The van der Waals surface area contributed by atoms with Gasteiger partial charge in [0.25, 0.3) is 11.1 Å². The maximum Gasteiger partial charge on any atom is 0.272 e. The Morgan fingerprint density at radius 1 is 1.38 bits per heavy atom. The lowest BCUT2D eigenvalue weighted by atomic mass is 10.2. The molecule has 0 unspecified atom stereocenters. The van der Waals surface area contributed by atoms with Gasteiger partial charge in [0.1, 0.15) is 0 Å². The highest BCUT2D eigenvalue weighted by Gasteiger charge is 2.03. The molecule has 0 aromatic carbocycles. The van der Waals surface area contributed by atoms with Crippen LogP contribution in [-0.4, -0.2) is 14.8 Å². The van der Waals surface area contributed by atoms with Gasteiger partial charge in [-0.3, -0.25) is 24.4 Å². The van der Waals surface area contributed by atoms with Crippen LogP contribution in [0.5, 0.6) is 0 Å². The van der Waals surface area contributed by atoms with Crippen LogP contribution in [0.4, 0.5) is 0 Å². The molecule has 0 aliphatic heterocycles. The van der Waals surface area contributed by atoms with Gasteiger partial charge in [-0.1, -0.05) is 0 Å². The molecule has 0 amide bonds. The fraction of sp³-hybridized carbons (Fsp3) is 0.125. The van der Waals surface area contributed by atoms with Gasteiger partial charge in [-0.25, -0.2) is 0 Å². The first-order valence-electron chi connectivity index (χ1n) is 3.73. The second kappa shape index (κ2) is 2.55. The van der Waals surface area contributed by atoms with Crippen LogP contribution in [0.1, 0.15) is 0 Å². The second-order valence-electron chi connectivity index (χ2n) is 2.73. The molecule has 0 spiro atoms. The SMILES string of the molecule is Cn1[nH]c(=O)c2cnccc2c1=O. The van der Waals surface area contributed by atoms with E-state index < -0.39 is 0 Å². The minimum atomic E-state index is -0.301. The number of fused-ring (bicyclic) bond motifs is 1. The summed E-state index contributed by atoms with van der Waals surface area (Å²) in [4.78, 5) is 26.5. The number of nitrogens with one attached hydrogen (secondary N) is 1. The number of aromatic amines is 1. The van der Waals surface area contributed by atoms with Crippen molar-refractivity contribution in [1.82, 2.24) is 14.8 Å². The van der Waals surface area contributed by atoms with Crippen molar-refractivity contribution in [2.24, 2.45) is 7.05 Å². The number of aryl methyl sites for hydroxylation is 1. The molecule has 0 saturated carbocycles. The van der Waals surface area contributed by atoms with E-state index in [1.807, 2.05) is 0 Å². The lowest BCUT2D eigenvalue weighted by Gasteiger charge is -1.98. The highest BCUT2D eigenvalue weighted by molar-refractivity contribution is 5.78. The molecule has 0 saturated heterocycles. The molecule has 66 valence electrons. The zero-order valence-corrected chi connectivity index (χ0v) is 6.94. The van der Waals surface area contributed by atoms with E-state index in [4.69, 9.17) is 0 Å². The lowest BCUT2D eigenvalue weighted by Crippen LogP contribution is -2.27. The first-order valence-corrected chi connectivity index (χ1v) is 3.73. The Bertz CT molecular complexity index is 567. The standard InChI is InChI=1S/C8H7N3O2/c1-11-8(13)5-2-3-9-4-6(5)7(12)10-11/h2-4H,1H3,(H,10,12). The lowest BCUT2D eigenvalue weighted by molar-refractivity contribution is 0.704. The van der Waals surface area contributed by atoms with Gasteiger partial charge in [0.05, 0.1) is 10.8 Å². The molecular weight excluding hydrogens is 170 g/mol. The van der Waals surface area contributed by atoms with E-state index in [1.54, 1.807) is 0 Å². The van der Waals surface area contributed by atoms with Crippen LogP contribution in [-0.2, 0) is 7.05 Å². The Labute approximate surface area is 72.6 Å². The highest BCUT2D eigenvalue weighted by Crippen LogP contribution is 1.98. The van der Waals surface area contributed by atoms with Gasteiger partial charge in [-0.05, 0) is 6.07 Å². The van der Waals surface area contributed by atoms with Crippen LogP contribution in [0.25, 0.3) is 10.8 Å². The van der Waals surface area contributed by atoms with Gasteiger partial charge >= 0.3 is 0 Å². The molecule has 0 atom stereocenters. The van der Waals surface area contributed by atoms with Crippen molar-refractivity contribution in [2.75, 3.05) is 0 Å². The minimum Gasteiger partial charge on any atom is -0.267 e. The number of rotatable bonds is 0. The summed E-state index contributed by atoms with van der Waals surface area (Å²) in [5.74, 6) is 0. The number of hydrogen-bond acceptors (Lipinski definition) is 3. The van der Waals surface area contributed by atoms with E-state index in [0.717, 1.165) is 4.68 Å². The summed E-state index contributed by atoms with van der Waals surface area (Å²) in [5.41, 5.74) is -0.526. The summed E-state index contributed by atoms with van der Waals surface area (Å²) in [6.07, 6.45) is 2.87. The largest absolute Gasteiger partial charge is 0.272 e. The van der Waals surface area contributed by atoms with E-state index in [0.29, 0.717) is 10.8 Å². The van der Waals surface area contributed by atoms with E-state index in [2.05, 4.69) is 10.1 Å². The molecule has 5 heteroatoms. The van der Waals surface area contributed by atoms with Crippen LogP contribution in [0.3, 0.4) is 0 Å². The topological polar surface area (TPSA) is 67.8 Å². The Hall–Kier alpha value is -1.91. The average molecular weight is 177 g/mol. The van der Waals surface area contributed by atoms with E-state index >= 15 is 0 Å².